The predicted octanol–water partition coefficient (Wildman–Crippen LogP) is 1.15. The van der Waals surface area contributed by atoms with Gasteiger partial charge in [-0.15, -0.1) is 0 Å². The highest BCUT2D eigenvalue weighted by Crippen LogP contribution is 2.25. The molecule has 0 unspecified atom stereocenters. The SMILES string of the molecule is NCCOc1cc(N)c2ncccc2c1. The average molecular weight is 203 g/mol. The number of ether oxygens (including phenoxy) is 1. The Morgan fingerprint density at radius 2 is 2.20 bits per heavy atom. The summed E-state index contributed by atoms with van der Waals surface area (Å²) in [7, 11) is 0. The first-order valence-electron chi connectivity index (χ1n) is 4.78. The van der Waals surface area contributed by atoms with E-state index >= 15 is 0 Å². The van der Waals surface area contributed by atoms with Crippen molar-refractivity contribution < 1.29 is 4.74 Å². The number of aromatic nitrogens is 1. The molecule has 0 saturated carbocycles. The van der Waals surface area contributed by atoms with E-state index in [0.717, 1.165) is 16.7 Å². The third kappa shape index (κ3) is 1.99. The van der Waals surface area contributed by atoms with Crippen LogP contribution in [0.4, 0.5) is 5.69 Å². The first-order chi connectivity index (χ1) is 7.31. The molecule has 1 aromatic carbocycles. The zero-order valence-electron chi connectivity index (χ0n) is 8.31. The van der Waals surface area contributed by atoms with Crippen LogP contribution in [0.5, 0.6) is 5.75 Å². The molecule has 0 aliphatic rings. The predicted molar refractivity (Wildman–Crippen MR) is 60.7 cm³/mol. The minimum Gasteiger partial charge on any atom is -0.492 e. The molecule has 4 N–H and O–H groups in total. The third-order valence-corrected chi connectivity index (χ3v) is 2.09. The van der Waals surface area contributed by atoms with E-state index in [2.05, 4.69) is 4.98 Å². The van der Waals surface area contributed by atoms with Crippen molar-refractivity contribution in [1.82, 2.24) is 4.98 Å². The fourth-order valence-electron chi connectivity index (χ4n) is 1.45. The molecule has 0 radical (unpaired) electrons. The molecule has 4 heteroatoms. The molecule has 78 valence electrons. The van der Waals surface area contributed by atoms with Crippen LogP contribution in [0.15, 0.2) is 30.5 Å². The second-order valence-corrected chi connectivity index (χ2v) is 3.22. The summed E-state index contributed by atoms with van der Waals surface area (Å²) < 4.78 is 5.41. The lowest BCUT2D eigenvalue weighted by Crippen LogP contribution is -2.10. The molecule has 1 aromatic heterocycles. The van der Waals surface area contributed by atoms with E-state index in [1.807, 2.05) is 18.2 Å². The fraction of sp³-hybridized carbons (Fsp3) is 0.182. The van der Waals surface area contributed by atoms with E-state index in [1.54, 1.807) is 12.3 Å². The highest BCUT2D eigenvalue weighted by Gasteiger charge is 2.02. The summed E-state index contributed by atoms with van der Waals surface area (Å²) in [6.07, 6.45) is 1.72. The van der Waals surface area contributed by atoms with Gasteiger partial charge in [0.05, 0.1) is 11.2 Å². The number of fused-ring (bicyclic) bond motifs is 1. The van der Waals surface area contributed by atoms with E-state index in [-0.39, 0.29) is 0 Å². The first kappa shape index (κ1) is 9.73. The van der Waals surface area contributed by atoms with E-state index < -0.39 is 0 Å². The molecule has 1 heterocycles. The molecule has 15 heavy (non-hydrogen) atoms. The zero-order chi connectivity index (χ0) is 10.7. The number of nitrogens with two attached hydrogens (primary N) is 2. The maximum atomic E-state index is 5.86. The Kier molecular flexibility index (Phi) is 2.69. The number of anilines is 1. The van der Waals surface area contributed by atoms with Gasteiger partial charge in [0.15, 0.2) is 0 Å². The molecule has 0 amide bonds. The minimum atomic E-state index is 0.491. The van der Waals surface area contributed by atoms with Gasteiger partial charge in [-0.2, -0.15) is 0 Å². The summed E-state index contributed by atoms with van der Waals surface area (Å²) in [4.78, 5) is 4.20. The molecule has 0 aliphatic carbocycles. The molecular weight excluding hydrogens is 190 g/mol. The van der Waals surface area contributed by atoms with Gasteiger partial charge in [0.25, 0.3) is 0 Å². The van der Waals surface area contributed by atoms with Crippen LogP contribution in [0.1, 0.15) is 0 Å². The van der Waals surface area contributed by atoms with Crippen LogP contribution in [0, 0.1) is 0 Å². The average Bonchev–Trinajstić information content (AvgIpc) is 2.26. The molecule has 0 bridgehead atoms. The maximum Gasteiger partial charge on any atom is 0.122 e. The van der Waals surface area contributed by atoms with Crippen LogP contribution < -0.4 is 16.2 Å². The Bertz CT molecular complexity index is 470. The molecule has 0 fully saturated rings. The summed E-state index contributed by atoms with van der Waals surface area (Å²) in [5, 5.41) is 0.976. The van der Waals surface area contributed by atoms with Crippen LogP contribution in [0.2, 0.25) is 0 Å². The largest absolute Gasteiger partial charge is 0.492 e. The van der Waals surface area contributed by atoms with Gasteiger partial charge in [-0.05, 0) is 12.1 Å². The minimum absolute atomic E-state index is 0.491. The fourth-order valence-corrected chi connectivity index (χ4v) is 1.45. The Labute approximate surface area is 87.9 Å². The van der Waals surface area contributed by atoms with Gasteiger partial charge < -0.3 is 16.2 Å². The van der Waals surface area contributed by atoms with Crippen molar-refractivity contribution in [3.05, 3.63) is 30.5 Å². The monoisotopic (exact) mass is 203 g/mol. The van der Waals surface area contributed by atoms with Crippen molar-refractivity contribution in [2.24, 2.45) is 5.73 Å². The summed E-state index contributed by atoms with van der Waals surface area (Å²) >= 11 is 0. The highest BCUT2D eigenvalue weighted by atomic mass is 16.5. The molecule has 0 atom stereocenters. The Morgan fingerprint density at radius 3 is 3.00 bits per heavy atom. The third-order valence-electron chi connectivity index (χ3n) is 2.09. The zero-order valence-corrected chi connectivity index (χ0v) is 8.31. The summed E-state index contributed by atoms with van der Waals surface area (Å²) in [5.74, 6) is 0.735. The Hall–Kier alpha value is -1.81. The van der Waals surface area contributed by atoms with Gasteiger partial charge in [-0.25, -0.2) is 0 Å². The summed E-state index contributed by atoms with van der Waals surface area (Å²) in [5.41, 5.74) is 12.6. The lowest BCUT2D eigenvalue weighted by atomic mass is 10.2. The van der Waals surface area contributed by atoms with Crippen LogP contribution in [-0.4, -0.2) is 18.1 Å². The Morgan fingerprint density at radius 1 is 1.33 bits per heavy atom. The van der Waals surface area contributed by atoms with Gasteiger partial charge in [-0.3, -0.25) is 4.98 Å². The lowest BCUT2D eigenvalue weighted by Gasteiger charge is -2.07. The van der Waals surface area contributed by atoms with Crippen LogP contribution in [0.3, 0.4) is 0 Å². The van der Waals surface area contributed by atoms with E-state index in [1.165, 1.54) is 0 Å². The van der Waals surface area contributed by atoms with Crippen LogP contribution in [-0.2, 0) is 0 Å². The number of pyridine rings is 1. The topological polar surface area (TPSA) is 74.2 Å². The molecular formula is C11H13N3O. The lowest BCUT2D eigenvalue weighted by molar-refractivity contribution is 0.329. The quantitative estimate of drug-likeness (QED) is 0.734. The first-order valence-corrected chi connectivity index (χ1v) is 4.78. The summed E-state index contributed by atoms with van der Waals surface area (Å²) in [6, 6.07) is 7.50. The highest BCUT2D eigenvalue weighted by molar-refractivity contribution is 5.90. The normalized spacial score (nSPS) is 10.5. The number of hydrogen-bond donors (Lipinski definition) is 2. The van der Waals surface area contributed by atoms with Crippen molar-refractivity contribution in [3.63, 3.8) is 0 Å². The Balaban J connectivity index is 2.43. The van der Waals surface area contributed by atoms with Crippen molar-refractivity contribution >= 4 is 16.6 Å². The number of nitrogens with zero attached hydrogens (tertiary/aromatic N) is 1. The molecule has 2 aromatic rings. The second kappa shape index (κ2) is 4.14. The molecule has 0 aliphatic heterocycles. The molecule has 0 saturated heterocycles. The smallest absolute Gasteiger partial charge is 0.122 e. The van der Waals surface area contributed by atoms with Gasteiger partial charge in [-0.1, -0.05) is 6.07 Å². The molecule has 4 nitrogen and oxygen atoms in total. The maximum absolute atomic E-state index is 5.86. The van der Waals surface area contributed by atoms with Gasteiger partial charge in [0, 0.05) is 24.2 Å². The van der Waals surface area contributed by atoms with Crippen molar-refractivity contribution in [1.29, 1.82) is 0 Å². The van der Waals surface area contributed by atoms with Gasteiger partial charge in [0.2, 0.25) is 0 Å². The molecule has 2 rings (SSSR count). The van der Waals surface area contributed by atoms with E-state index in [9.17, 15) is 0 Å². The van der Waals surface area contributed by atoms with Crippen LogP contribution >= 0.6 is 0 Å². The number of benzene rings is 1. The van der Waals surface area contributed by atoms with Crippen molar-refractivity contribution in [2.75, 3.05) is 18.9 Å². The number of hydrogen-bond acceptors (Lipinski definition) is 4. The standard InChI is InChI=1S/C11H13N3O/c12-3-5-15-9-6-8-2-1-4-14-11(8)10(13)7-9/h1-2,4,6-7H,3,5,12-13H2. The van der Waals surface area contributed by atoms with Crippen molar-refractivity contribution in [2.45, 2.75) is 0 Å². The summed E-state index contributed by atoms with van der Waals surface area (Å²) in [6.45, 7) is 0.982. The van der Waals surface area contributed by atoms with E-state index in [4.69, 9.17) is 16.2 Å². The number of rotatable bonds is 3. The van der Waals surface area contributed by atoms with Crippen LogP contribution in [0.25, 0.3) is 10.9 Å². The van der Waals surface area contributed by atoms with Gasteiger partial charge in [0.1, 0.15) is 12.4 Å². The molecule has 0 spiro atoms. The van der Waals surface area contributed by atoms with Gasteiger partial charge >= 0.3 is 0 Å². The second-order valence-electron chi connectivity index (χ2n) is 3.22. The van der Waals surface area contributed by atoms with E-state index in [0.29, 0.717) is 18.8 Å². The van der Waals surface area contributed by atoms with Crippen molar-refractivity contribution in [3.8, 4) is 5.75 Å². The number of nitrogen functional groups attached to an aromatic ring is 1.